The Labute approximate surface area is 120 Å². The highest BCUT2D eigenvalue weighted by molar-refractivity contribution is 5.44. The number of nitrogens with zero attached hydrogens (tertiary/aromatic N) is 1. The summed E-state index contributed by atoms with van der Waals surface area (Å²) < 4.78 is 6.04. The number of hydrogen-bond acceptors (Lipinski definition) is 3. The van der Waals surface area contributed by atoms with Crippen molar-refractivity contribution >= 4 is 0 Å². The average Bonchev–Trinajstić information content (AvgIpc) is 2.37. The van der Waals surface area contributed by atoms with Crippen LogP contribution in [0.25, 0.3) is 0 Å². The summed E-state index contributed by atoms with van der Waals surface area (Å²) in [6.07, 6.45) is 2.50. The third-order valence-electron chi connectivity index (χ3n) is 3.36. The maximum Gasteiger partial charge on any atom is 0.222 e. The molecule has 20 heavy (non-hydrogen) atoms. The van der Waals surface area contributed by atoms with Crippen LogP contribution < -0.4 is 10.5 Å². The van der Waals surface area contributed by atoms with Gasteiger partial charge in [0.15, 0.2) is 0 Å². The molecule has 1 unspecified atom stereocenters. The highest BCUT2D eigenvalue weighted by Gasteiger charge is 2.11. The zero-order valence-electron chi connectivity index (χ0n) is 12.6. The molecule has 2 N–H and O–H groups in total. The van der Waals surface area contributed by atoms with Crippen LogP contribution in [0.3, 0.4) is 0 Å². The van der Waals surface area contributed by atoms with Crippen LogP contribution in [0.1, 0.15) is 29.2 Å². The maximum atomic E-state index is 6.04. The fourth-order valence-electron chi connectivity index (χ4n) is 2.23. The molecule has 0 spiro atoms. The molecule has 0 aliphatic heterocycles. The Hall–Kier alpha value is -1.87. The predicted molar refractivity (Wildman–Crippen MR) is 82.3 cm³/mol. The van der Waals surface area contributed by atoms with Gasteiger partial charge in [0, 0.05) is 17.8 Å². The molecule has 0 aliphatic rings. The minimum atomic E-state index is 0.0851. The van der Waals surface area contributed by atoms with Crippen molar-refractivity contribution in [2.75, 3.05) is 0 Å². The van der Waals surface area contributed by atoms with E-state index < -0.39 is 0 Å². The molecule has 1 aromatic carbocycles. The van der Waals surface area contributed by atoms with Gasteiger partial charge in [-0.15, -0.1) is 0 Å². The lowest BCUT2D eigenvalue weighted by atomic mass is 10.1. The number of hydrogen-bond donors (Lipinski definition) is 1. The summed E-state index contributed by atoms with van der Waals surface area (Å²) in [4.78, 5) is 4.35. The van der Waals surface area contributed by atoms with Crippen LogP contribution in [0.5, 0.6) is 11.6 Å². The van der Waals surface area contributed by atoms with Gasteiger partial charge in [-0.05, 0) is 62.9 Å². The second-order valence-corrected chi connectivity index (χ2v) is 5.46. The van der Waals surface area contributed by atoms with Crippen molar-refractivity contribution in [2.45, 2.75) is 40.2 Å². The van der Waals surface area contributed by atoms with E-state index in [-0.39, 0.29) is 6.04 Å². The van der Waals surface area contributed by atoms with Gasteiger partial charge < -0.3 is 10.5 Å². The lowest BCUT2D eigenvalue weighted by Gasteiger charge is -2.14. The van der Waals surface area contributed by atoms with Crippen LogP contribution >= 0.6 is 0 Å². The summed E-state index contributed by atoms with van der Waals surface area (Å²) in [7, 11) is 0. The number of aromatic nitrogens is 1. The Bertz CT molecular complexity index is 606. The normalized spacial score (nSPS) is 12.2. The molecule has 0 amide bonds. The van der Waals surface area contributed by atoms with Crippen LogP contribution in [0.4, 0.5) is 0 Å². The van der Waals surface area contributed by atoms with Crippen molar-refractivity contribution in [3.63, 3.8) is 0 Å². The first kappa shape index (κ1) is 14.5. The van der Waals surface area contributed by atoms with E-state index in [0.717, 1.165) is 23.3 Å². The molecule has 3 heteroatoms. The quantitative estimate of drug-likeness (QED) is 0.921. The summed E-state index contributed by atoms with van der Waals surface area (Å²) in [5.74, 6) is 1.52. The smallest absolute Gasteiger partial charge is 0.222 e. The lowest BCUT2D eigenvalue weighted by Crippen LogP contribution is -2.18. The number of aryl methyl sites for hydroxylation is 2. The summed E-state index contributed by atoms with van der Waals surface area (Å²) in [6, 6.07) is 8.22. The molecule has 3 nitrogen and oxygen atoms in total. The average molecular weight is 270 g/mol. The van der Waals surface area contributed by atoms with Crippen molar-refractivity contribution in [2.24, 2.45) is 5.73 Å². The zero-order valence-corrected chi connectivity index (χ0v) is 12.6. The first-order chi connectivity index (χ1) is 9.47. The fourth-order valence-corrected chi connectivity index (χ4v) is 2.23. The van der Waals surface area contributed by atoms with E-state index in [2.05, 4.69) is 31.8 Å². The first-order valence-corrected chi connectivity index (χ1v) is 6.92. The lowest BCUT2D eigenvalue weighted by molar-refractivity contribution is 0.450. The van der Waals surface area contributed by atoms with Crippen LogP contribution in [-0.4, -0.2) is 11.0 Å². The monoisotopic (exact) mass is 270 g/mol. The first-order valence-electron chi connectivity index (χ1n) is 6.92. The molecule has 1 atom stereocenters. The van der Waals surface area contributed by atoms with Gasteiger partial charge in [-0.3, -0.25) is 0 Å². The van der Waals surface area contributed by atoms with Crippen LogP contribution in [-0.2, 0) is 6.42 Å². The third-order valence-corrected chi connectivity index (χ3v) is 3.36. The highest BCUT2D eigenvalue weighted by Crippen LogP contribution is 2.29. The van der Waals surface area contributed by atoms with Gasteiger partial charge in [0.05, 0.1) is 0 Å². The molecular formula is C17H22N2O. The summed E-state index contributed by atoms with van der Waals surface area (Å²) in [5.41, 5.74) is 10.5. The van der Waals surface area contributed by atoms with Gasteiger partial charge in [0.25, 0.3) is 0 Å². The SMILES string of the molecule is Cc1cc(C)c(C)c(Oc2ncccc2CC(C)N)c1. The van der Waals surface area contributed by atoms with Gasteiger partial charge in [0.1, 0.15) is 5.75 Å². The second-order valence-electron chi connectivity index (χ2n) is 5.46. The number of nitrogens with two attached hydrogens (primary N) is 1. The topological polar surface area (TPSA) is 48.1 Å². The van der Waals surface area contributed by atoms with E-state index in [1.54, 1.807) is 6.20 Å². The Kier molecular flexibility index (Phi) is 4.40. The molecule has 2 aromatic rings. The third kappa shape index (κ3) is 3.36. The summed E-state index contributed by atoms with van der Waals surface area (Å²) in [5, 5.41) is 0. The molecule has 106 valence electrons. The molecule has 0 fully saturated rings. The van der Waals surface area contributed by atoms with Crippen LogP contribution in [0.15, 0.2) is 30.5 Å². The summed E-state index contributed by atoms with van der Waals surface area (Å²) >= 11 is 0. The number of ether oxygens (including phenoxy) is 1. The van der Waals surface area contributed by atoms with Gasteiger partial charge in [-0.1, -0.05) is 12.1 Å². The van der Waals surface area contributed by atoms with Crippen molar-refractivity contribution in [3.05, 3.63) is 52.7 Å². The Morgan fingerprint density at radius 3 is 2.70 bits per heavy atom. The molecule has 1 aromatic heterocycles. The molecule has 1 heterocycles. The van der Waals surface area contributed by atoms with E-state index in [1.807, 2.05) is 25.1 Å². The Morgan fingerprint density at radius 1 is 1.25 bits per heavy atom. The second kappa shape index (κ2) is 6.06. The van der Waals surface area contributed by atoms with E-state index >= 15 is 0 Å². The molecule has 0 bridgehead atoms. The van der Waals surface area contributed by atoms with E-state index in [9.17, 15) is 0 Å². The predicted octanol–water partition coefficient (Wildman–Crippen LogP) is 3.69. The minimum absolute atomic E-state index is 0.0851. The summed E-state index contributed by atoms with van der Waals surface area (Å²) in [6.45, 7) is 8.22. The molecule has 2 rings (SSSR count). The largest absolute Gasteiger partial charge is 0.438 e. The maximum absolute atomic E-state index is 6.04. The van der Waals surface area contributed by atoms with E-state index in [0.29, 0.717) is 5.88 Å². The number of pyridine rings is 1. The van der Waals surface area contributed by atoms with Gasteiger partial charge in [0.2, 0.25) is 5.88 Å². The fraction of sp³-hybridized carbons (Fsp3) is 0.353. The molecule has 0 radical (unpaired) electrons. The van der Waals surface area contributed by atoms with Crippen molar-refractivity contribution in [3.8, 4) is 11.6 Å². The van der Waals surface area contributed by atoms with Crippen molar-refractivity contribution < 1.29 is 4.74 Å². The van der Waals surface area contributed by atoms with E-state index in [4.69, 9.17) is 10.5 Å². The van der Waals surface area contributed by atoms with Crippen LogP contribution in [0, 0.1) is 20.8 Å². The molecule has 0 saturated heterocycles. The van der Waals surface area contributed by atoms with Gasteiger partial charge in [-0.2, -0.15) is 0 Å². The van der Waals surface area contributed by atoms with Crippen molar-refractivity contribution in [1.29, 1.82) is 0 Å². The highest BCUT2D eigenvalue weighted by atomic mass is 16.5. The van der Waals surface area contributed by atoms with Crippen molar-refractivity contribution in [1.82, 2.24) is 4.98 Å². The molecule has 0 saturated carbocycles. The minimum Gasteiger partial charge on any atom is -0.438 e. The molecular weight excluding hydrogens is 248 g/mol. The Morgan fingerprint density at radius 2 is 2.00 bits per heavy atom. The Balaban J connectivity index is 2.35. The standard InChI is InChI=1S/C17H22N2O/c1-11-8-12(2)14(4)16(9-11)20-17-15(10-13(3)18)6-5-7-19-17/h5-9,13H,10,18H2,1-4H3. The number of benzene rings is 1. The van der Waals surface area contributed by atoms with Gasteiger partial charge in [-0.25, -0.2) is 4.98 Å². The molecule has 0 aliphatic carbocycles. The number of rotatable bonds is 4. The van der Waals surface area contributed by atoms with E-state index in [1.165, 1.54) is 11.1 Å². The zero-order chi connectivity index (χ0) is 14.7. The van der Waals surface area contributed by atoms with Gasteiger partial charge >= 0.3 is 0 Å². The van der Waals surface area contributed by atoms with Crippen LogP contribution in [0.2, 0.25) is 0 Å².